The van der Waals surface area contributed by atoms with Gasteiger partial charge in [-0.2, -0.15) is 9.82 Å². The second-order valence-corrected chi connectivity index (χ2v) is 11.7. The minimum Gasteiger partial charge on any atom is -0.480 e. The first-order valence-corrected chi connectivity index (χ1v) is 14.4. The molecular weight excluding hydrogens is 560 g/mol. The molecule has 2 atom stereocenters. The molecule has 1 saturated carbocycles. The Bertz CT molecular complexity index is 1340. The molecule has 40 heavy (non-hydrogen) atoms. The maximum atomic E-state index is 13.6. The molecule has 1 aliphatic carbocycles. The van der Waals surface area contributed by atoms with Gasteiger partial charge < -0.3 is 26.1 Å². The average molecular weight is 595 g/mol. The number of halogens is 1. The number of rotatable bonds is 12. The van der Waals surface area contributed by atoms with E-state index in [1.165, 1.54) is 17.3 Å². The number of nitrogens with two attached hydrogens (primary N) is 1. The molecule has 14 heteroatoms. The fraction of sp³-hybridized carbons (Fsp3) is 0.462. The Hall–Kier alpha value is -3.26. The van der Waals surface area contributed by atoms with E-state index in [-0.39, 0.29) is 29.3 Å². The molecule has 0 aromatic heterocycles. The Kier molecular flexibility index (Phi) is 10.9. The van der Waals surface area contributed by atoms with Crippen molar-refractivity contribution in [2.45, 2.75) is 49.1 Å². The van der Waals surface area contributed by atoms with Crippen molar-refractivity contribution >= 4 is 57.3 Å². The lowest BCUT2D eigenvalue weighted by Crippen LogP contribution is -2.53. The Balaban J connectivity index is 0.00000441. The van der Waals surface area contributed by atoms with Gasteiger partial charge in [-0.25, -0.2) is 8.42 Å². The van der Waals surface area contributed by atoms with Gasteiger partial charge in [0.05, 0.1) is 11.3 Å². The van der Waals surface area contributed by atoms with Crippen LogP contribution in [0.4, 0.5) is 0 Å². The summed E-state index contributed by atoms with van der Waals surface area (Å²) in [5.41, 5.74) is 0. The lowest BCUT2D eigenvalue weighted by Gasteiger charge is -2.30. The lowest BCUT2D eigenvalue weighted by atomic mass is 9.99. The lowest BCUT2D eigenvalue weighted by molar-refractivity contribution is -0.146. The molecule has 0 unspecified atom stereocenters. The number of carboxylic acids is 1. The van der Waals surface area contributed by atoms with Crippen LogP contribution in [-0.2, 0) is 24.4 Å². The number of benzene rings is 2. The van der Waals surface area contributed by atoms with E-state index in [4.69, 9.17) is 5.84 Å². The summed E-state index contributed by atoms with van der Waals surface area (Å²) in [5, 5.41) is 17.3. The van der Waals surface area contributed by atoms with E-state index in [1.54, 1.807) is 36.4 Å². The zero-order valence-electron chi connectivity index (χ0n) is 21.9. The maximum Gasteiger partial charge on any atom is 0.323 e. The maximum absolute atomic E-state index is 13.6. The minimum atomic E-state index is -4.29. The Morgan fingerprint density at radius 1 is 1.15 bits per heavy atom. The van der Waals surface area contributed by atoms with Crippen molar-refractivity contribution in [2.24, 2.45) is 16.9 Å². The smallest absolute Gasteiger partial charge is 0.323 e. The number of hydrogen-bond acceptors (Lipinski definition) is 8. The van der Waals surface area contributed by atoms with E-state index in [9.17, 15) is 27.9 Å². The standard InChI is InChI=1S/C26H34N6O6S.ClH/c27-29-17-31(15-18-5-4-12-28-14-18)24(33)13-22(26(36)32(16-25(34)35)20-10-11-20)30-39(37,38)23-9-3-7-19-6-1-2-8-21(19)23;/h1-3,6-9,17-18,20,22,28,30H,4-5,10-16,27H2,(H,34,35);1H/b29-17-;/t18-,22-;/m0./s1. The predicted molar refractivity (Wildman–Crippen MR) is 152 cm³/mol. The van der Waals surface area contributed by atoms with Crippen molar-refractivity contribution in [1.29, 1.82) is 0 Å². The third-order valence-electron chi connectivity index (χ3n) is 6.97. The van der Waals surface area contributed by atoms with Crippen molar-refractivity contribution in [3.05, 3.63) is 42.5 Å². The van der Waals surface area contributed by atoms with E-state index in [0.29, 0.717) is 36.7 Å². The predicted octanol–water partition coefficient (Wildman–Crippen LogP) is 1.10. The number of nitrogens with one attached hydrogen (secondary N) is 2. The van der Waals surface area contributed by atoms with Crippen LogP contribution < -0.4 is 15.9 Å². The highest BCUT2D eigenvalue weighted by Crippen LogP contribution is 2.28. The Morgan fingerprint density at radius 2 is 1.88 bits per heavy atom. The van der Waals surface area contributed by atoms with Crippen molar-refractivity contribution in [3.63, 3.8) is 0 Å². The summed E-state index contributed by atoms with van der Waals surface area (Å²) < 4.78 is 29.6. The highest BCUT2D eigenvalue weighted by molar-refractivity contribution is 7.89. The SMILES string of the molecule is Cl.N/N=C\N(C[C@H]1CCCNC1)C(=O)C[C@H](NS(=O)(=O)c1cccc2ccccc12)C(=O)N(CC(=O)O)C1CC1. The monoisotopic (exact) mass is 594 g/mol. The van der Waals surface area contributed by atoms with Gasteiger partial charge in [-0.05, 0) is 56.1 Å². The number of sulfonamides is 1. The van der Waals surface area contributed by atoms with Crippen LogP contribution in [0, 0.1) is 5.92 Å². The number of carboxylic acid groups (broad SMARTS) is 1. The molecule has 0 bridgehead atoms. The zero-order chi connectivity index (χ0) is 28.0. The molecule has 0 radical (unpaired) electrons. The van der Waals surface area contributed by atoms with Gasteiger partial charge in [-0.3, -0.25) is 14.4 Å². The van der Waals surface area contributed by atoms with Crippen LogP contribution in [0.3, 0.4) is 0 Å². The third kappa shape index (κ3) is 7.90. The largest absolute Gasteiger partial charge is 0.480 e. The van der Waals surface area contributed by atoms with Crippen LogP contribution in [0.5, 0.6) is 0 Å². The first-order valence-electron chi connectivity index (χ1n) is 13.0. The summed E-state index contributed by atoms with van der Waals surface area (Å²) >= 11 is 0. The fourth-order valence-corrected chi connectivity index (χ4v) is 6.34. The number of hydrogen-bond donors (Lipinski definition) is 4. The highest BCUT2D eigenvalue weighted by atomic mass is 35.5. The number of aliphatic carboxylic acids is 1. The van der Waals surface area contributed by atoms with Gasteiger partial charge in [0.15, 0.2) is 0 Å². The minimum absolute atomic E-state index is 0. The number of fused-ring (bicyclic) bond motifs is 1. The number of carbonyl (C=O) groups is 3. The molecular formula is C26H35ClN6O6S. The second-order valence-electron chi connectivity index (χ2n) is 9.97. The van der Waals surface area contributed by atoms with E-state index in [1.807, 2.05) is 0 Å². The van der Waals surface area contributed by atoms with Crippen LogP contribution >= 0.6 is 12.4 Å². The van der Waals surface area contributed by atoms with Gasteiger partial charge >= 0.3 is 5.97 Å². The van der Waals surface area contributed by atoms with Crippen molar-refractivity contribution in [1.82, 2.24) is 19.8 Å². The van der Waals surface area contributed by atoms with Crippen LogP contribution in [0.15, 0.2) is 52.5 Å². The summed E-state index contributed by atoms with van der Waals surface area (Å²) in [6.07, 6.45) is 3.70. The van der Waals surface area contributed by atoms with E-state index in [2.05, 4.69) is 15.1 Å². The molecule has 2 aromatic rings. The van der Waals surface area contributed by atoms with E-state index < -0.39 is 46.8 Å². The van der Waals surface area contributed by atoms with Gasteiger partial charge in [-0.1, -0.05) is 36.4 Å². The molecule has 12 nitrogen and oxygen atoms in total. The summed E-state index contributed by atoms with van der Waals surface area (Å²) in [4.78, 5) is 41.0. The first-order chi connectivity index (χ1) is 18.7. The van der Waals surface area contributed by atoms with Crippen LogP contribution in [0.2, 0.25) is 0 Å². The van der Waals surface area contributed by atoms with Crippen LogP contribution in [-0.4, -0.2) is 85.7 Å². The van der Waals surface area contributed by atoms with Gasteiger partial charge in [0.2, 0.25) is 21.8 Å². The topological polar surface area (TPSA) is 174 Å². The molecule has 1 saturated heterocycles. The number of nitrogens with zero attached hydrogens (tertiary/aromatic N) is 3. The molecule has 2 aromatic carbocycles. The molecule has 2 amide bonds. The van der Waals surface area contributed by atoms with Gasteiger partial charge in [0.25, 0.3) is 0 Å². The van der Waals surface area contributed by atoms with Gasteiger partial charge in [0.1, 0.15) is 18.9 Å². The van der Waals surface area contributed by atoms with Crippen molar-refractivity contribution in [3.8, 4) is 0 Å². The van der Waals surface area contributed by atoms with Gasteiger partial charge in [-0.15, -0.1) is 12.4 Å². The first kappa shape index (κ1) is 31.3. The summed E-state index contributed by atoms with van der Waals surface area (Å²) in [6.45, 7) is 1.30. The quantitative estimate of drug-likeness (QED) is 0.122. The third-order valence-corrected chi connectivity index (χ3v) is 8.50. The zero-order valence-corrected chi connectivity index (χ0v) is 23.6. The number of carbonyl (C=O) groups excluding carboxylic acids is 2. The fourth-order valence-electron chi connectivity index (χ4n) is 4.92. The number of piperidine rings is 1. The van der Waals surface area contributed by atoms with Crippen molar-refractivity contribution < 1.29 is 27.9 Å². The molecule has 0 spiro atoms. The second kappa shape index (κ2) is 13.9. The van der Waals surface area contributed by atoms with Gasteiger partial charge in [0, 0.05) is 18.0 Å². The molecule has 1 aliphatic heterocycles. The Labute approximate surface area is 239 Å². The van der Waals surface area contributed by atoms with Crippen LogP contribution in [0.25, 0.3) is 10.8 Å². The molecule has 2 fully saturated rings. The van der Waals surface area contributed by atoms with Crippen molar-refractivity contribution in [2.75, 3.05) is 26.2 Å². The van der Waals surface area contributed by atoms with Crippen LogP contribution in [0.1, 0.15) is 32.1 Å². The Morgan fingerprint density at radius 3 is 2.52 bits per heavy atom. The molecule has 2 aliphatic rings. The average Bonchev–Trinajstić information content (AvgIpc) is 3.76. The molecule has 5 N–H and O–H groups in total. The molecule has 1 heterocycles. The number of amides is 2. The summed E-state index contributed by atoms with van der Waals surface area (Å²) in [7, 11) is -4.29. The van der Waals surface area contributed by atoms with E-state index in [0.717, 1.165) is 24.3 Å². The molecule has 218 valence electrons. The van der Waals surface area contributed by atoms with E-state index >= 15 is 0 Å². The molecule has 4 rings (SSSR count). The normalized spacial score (nSPS) is 18.1. The number of hydrazone groups is 1. The summed E-state index contributed by atoms with van der Waals surface area (Å²) in [5.74, 6) is 2.95. The summed E-state index contributed by atoms with van der Waals surface area (Å²) in [6, 6.07) is 9.86. The highest BCUT2D eigenvalue weighted by Gasteiger charge is 2.40.